The fourth-order valence-corrected chi connectivity index (χ4v) is 0.750. The zero-order valence-electron chi connectivity index (χ0n) is 6.93. The Bertz CT molecular complexity index is 64.3. The summed E-state index contributed by atoms with van der Waals surface area (Å²) in [6.45, 7) is 5.83. The second kappa shape index (κ2) is 7.03. The molecule has 0 aromatic rings. The van der Waals surface area contributed by atoms with Crippen LogP contribution in [0.2, 0.25) is 0 Å². The van der Waals surface area contributed by atoms with Crippen molar-refractivity contribution in [3.05, 3.63) is 6.54 Å². The molecule has 0 aliphatic rings. The van der Waals surface area contributed by atoms with Crippen molar-refractivity contribution in [3.8, 4) is 0 Å². The lowest BCUT2D eigenvalue weighted by molar-refractivity contribution is 0.166. The minimum atomic E-state index is -0.401. The molecule has 10 heavy (non-hydrogen) atoms. The molecule has 0 aliphatic heterocycles. The number of nitrogens with one attached hydrogen (secondary N) is 1. The van der Waals surface area contributed by atoms with Gasteiger partial charge in [0.1, 0.15) is 6.23 Å². The summed E-state index contributed by atoms with van der Waals surface area (Å²) in [6, 6.07) is 0. The standard InChI is InChI=1S/C8H18NO/c1-3-4-5-6-7-9-8(2)10/h7-10H,3-6H2,1-2H3. The van der Waals surface area contributed by atoms with E-state index in [1.807, 2.05) is 6.54 Å². The van der Waals surface area contributed by atoms with E-state index >= 15 is 0 Å². The lowest BCUT2D eigenvalue weighted by Gasteiger charge is -2.04. The summed E-state index contributed by atoms with van der Waals surface area (Å²) >= 11 is 0. The Labute approximate surface area is 63.6 Å². The monoisotopic (exact) mass is 144 g/mol. The number of aliphatic hydroxyl groups is 1. The van der Waals surface area contributed by atoms with Crippen LogP contribution in [-0.2, 0) is 0 Å². The summed E-state index contributed by atoms with van der Waals surface area (Å²) in [5, 5.41) is 11.6. The third kappa shape index (κ3) is 7.92. The smallest absolute Gasteiger partial charge is 0.102 e. The predicted molar refractivity (Wildman–Crippen MR) is 43.3 cm³/mol. The van der Waals surface area contributed by atoms with E-state index in [2.05, 4.69) is 12.2 Å². The summed E-state index contributed by atoms with van der Waals surface area (Å²) in [7, 11) is 0. The summed E-state index contributed by atoms with van der Waals surface area (Å²) < 4.78 is 0. The van der Waals surface area contributed by atoms with Gasteiger partial charge in [0.25, 0.3) is 0 Å². The van der Waals surface area contributed by atoms with Gasteiger partial charge in [-0.2, -0.15) is 0 Å². The van der Waals surface area contributed by atoms with E-state index in [1.54, 1.807) is 6.92 Å². The van der Waals surface area contributed by atoms with Gasteiger partial charge in [-0.05, 0) is 13.3 Å². The Balaban J connectivity index is 2.77. The average Bonchev–Trinajstić information content (AvgIpc) is 1.87. The molecule has 0 heterocycles. The highest BCUT2D eigenvalue weighted by Gasteiger charge is 1.92. The van der Waals surface area contributed by atoms with E-state index < -0.39 is 6.23 Å². The molecule has 0 fully saturated rings. The van der Waals surface area contributed by atoms with Crippen molar-refractivity contribution in [2.24, 2.45) is 0 Å². The van der Waals surface area contributed by atoms with Gasteiger partial charge in [0, 0.05) is 6.54 Å². The van der Waals surface area contributed by atoms with Crippen LogP contribution in [0.15, 0.2) is 0 Å². The highest BCUT2D eigenvalue weighted by Crippen LogP contribution is 1.99. The Kier molecular flexibility index (Phi) is 6.98. The van der Waals surface area contributed by atoms with E-state index in [0.717, 1.165) is 6.42 Å². The molecule has 0 amide bonds. The zero-order valence-corrected chi connectivity index (χ0v) is 6.93. The average molecular weight is 144 g/mol. The fourth-order valence-electron chi connectivity index (χ4n) is 0.750. The maximum Gasteiger partial charge on any atom is 0.102 e. The van der Waals surface area contributed by atoms with Crippen LogP contribution in [0.1, 0.15) is 39.5 Å². The van der Waals surface area contributed by atoms with Gasteiger partial charge in [-0.1, -0.05) is 26.2 Å². The van der Waals surface area contributed by atoms with E-state index in [-0.39, 0.29) is 0 Å². The molecule has 1 atom stereocenters. The molecule has 0 aromatic heterocycles. The summed E-state index contributed by atoms with van der Waals surface area (Å²) in [5.74, 6) is 0. The van der Waals surface area contributed by atoms with Gasteiger partial charge in [0.05, 0.1) is 0 Å². The first kappa shape index (κ1) is 9.92. The molecule has 0 aromatic carbocycles. The molecule has 0 saturated carbocycles. The molecule has 0 rings (SSSR count). The molecule has 0 spiro atoms. The second-order valence-electron chi connectivity index (χ2n) is 2.54. The third-order valence-electron chi connectivity index (χ3n) is 1.31. The summed E-state index contributed by atoms with van der Waals surface area (Å²) in [6.07, 6.45) is 4.40. The first-order valence-corrected chi connectivity index (χ1v) is 4.03. The minimum Gasteiger partial charge on any atom is -0.379 e. The first-order valence-electron chi connectivity index (χ1n) is 4.03. The van der Waals surface area contributed by atoms with Crippen molar-refractivity contribution in [3.63, 3.8) is 0 Å². The van der Waals surface area contributed by atoms with Crippen LogP contribution in [0.5, 0.6) is 0 Å². The third-order valence-corrected chi connectivity index (χ3v) is 1.31. The van der Waals surface area contributed by atoms with Crippen molar-refractivity contribution in [1.29, 1.82) is 0 Å². The Hall–Kier alpha value is -0.0800. The van der Waals surface area contributed by atoms with Crippen molar-refractivity contribution in [2.75, 3.05) is 0 Å². The molecule has 2 nitrogen and oxygen atoms in total. The van der Waals surface area contributed by atoms with Crippen LogP contribution < -0.4 is 5.32 Å². The molecule has 2 heteroatoms. The lowest BCUT2D eigenvalue weighted by Crippen LogP contribution is -2.22. The van der Waals surface area contributed by atoms with Crippen molar-refractivity contribution in [2.45, 2.75) is 45.8 Å². The van der Waals surface area contributed by atoms with E-state index in [0.29, 0.717) is 0 Å². The lowest BCUT2D eigenvalue weighted by atomic mass is 10.2. The first-order chi connectivity index (χ1) is 4.77. The highest BCUT2D eigenvalue weighted by molar-refractivity contribution is 4.61. The van der Waals surface area contributed by atoms with Gasteiger partial charge < -0.3 is 5.11 Å². The molecule has 61 valence electrons. The highest BCUT2D eigenvalue weighted by atomic mass is 16.3. The molecule has 2 N–H and O–H groups in total. The van der Waals surface area contributed by atoms with E-state index in [4.69, 9.17) is 5.11 Å². The van der Waals surface area contributed by atoms with Gasteiger partial charge in [-0.15, -0.1) is 0 Å². The van der Waals surface area contributed by atoms with Gasteiger partial charge in [-0.3, -0.25) is 5.32 Å². The maximum atomic E-state index is 8.77. The molecular weight excluding hydrogens is 126 g/mol. The number of rotatable bonds is 6. The Morgan fingerprint density at radius 1 is 1.50 bits per heavy atom. The molecule has 1 unspecified atom stereocenters. The van der Waals surface area contributed by atoms with Crippen LogP contribution in [-0.4, -0.2) is 11.3 Å². The second-order valence-corrected chi connectivity index (χ2v) is 2.54. The van der Waals surface area contributed by atoms with Crippen LogP contribution in [0, 0.1) is 6.54 Å². The van der Waals surface area contributed by atoms with Crippen LogP contribution in [0.4, 0.5) is 0 Å². The van der Waals surface area contributed by atoms with Gasteiger partial charge in [0.2, 0.25) is 0 Å². The SMILES string of the molecule is CCCCC[CH]NC(C)O. The summed E-state index contributed by atoms with van der Waals surface area (Å²) in [4.78, 5) is 0. The van der Waals surface area contributed by atoms with Crippen LogP contribution in [0.3, 0.4) is 0 Å². The molecule has 0 saturated heterocycles. The van der Waals surface area contributed by atoms with Gasteiger partial charge in [-0.25, -0.2) is 0 Å². The molecule has 0 bridgehead atoms. The van der Waals surface area contributed by atoms with Gasteiger partial charge >= 0.3 is 0 Å². The van der Waals surface area contributed by atoms with Gasteiger partial charge in [0.15, 0.2) is 0 Å². The largest absolute Gasteiger partial charge is 0.379 e. The number of unbranched alkanes of at least 4 members (excludes halogenated alkanes) is 3. The quantitative estimate of drug-likeness (QED) is 0.439. The Morgan fingerprint density at radius 2 is 2.20 bits per heavy atom. The molecule has 1 radical (unpaired) electrons. The maximum absolute atomic E-state index is 8.77. The van der Waals surface area contributed by atoms with Crippen molar-refractivity contribution >= 4 is 0 Å². The number of hydrogen-bond acceptors (Lipinski definition) is 2. The van der Waals surface area contributed by atoms with E-state index in [9.17, 15) is 0 Å². The molecular formula is C8H18NO. The number of hydrogen-bond donors (Lipinski definition) is 2. The van der Waals surface area contributed by atoms with E-state index in [1.165, 1.54) is 19.3 Å². The fraction of sp³-hybridized carbons (Fsp3) is 0.875. The van der Waals surface area contributed by atoms with Crippen LogP contribution >= 0.6 is 0 Å². The Morgan fingerprint density at radius 3 is 2.70 bits per heavy atom. The molecule has 0 aliphatic carbocycles. The number of aliphatic hydroxyl groups excluding tert-OH is 1. The van der Waals surface area contributed by atoms with Crippen LogP contribution in [0.25, 0.3) is 0 Å². The topological polar surface area (TPSA) is 32.3 Å². The zero-order chi connectivity index (χ0) is 7.82. The van der Waals surface area contributed by atoms with Crippen molar-refractivity contribution < 1.29 is 5.11 Å². The minimum absolute atomic E-state index is 0.401. The summed E-state index contributed by atoms with van der Waals surface area (Å²) in [5.41, 5.74) is 0. The predicted octanol–water partition coefficient (Wildman–Crippen LogP) is 1.66. The van der Waals surface area contributed by atoms with Crippen molar-refractivity contribution in [1.82, 2.24) is 5.32 Å². The normalized spacial score (nSPS) is 13.5.